The van der Waals surface area contributed by atoms with Crippen LogP contribution in [0.1, 0.15) is 27.9 Å². The van der Waals surface area contributed by atoms with Gasteiger partial charge in [0.1, 0.15) is 5.41 Å². The molecule has 2 aliphatic rings. The molecule has 0 bridgehead atoms. The van der Waals surface area contributed by atoms with Gasteiger partial charge in [-0.25, -0.2) is 0 Å². The van der Waals surface area contributed by atoms with Crippen LogP contribution in [0, 0.1) is 5.41 Å². The Labute approximate surface area is 134 Å². The minimum Gasteiger partial charge on any atom is -0.367 e. The van der Waals surface area contributed by atoms with Gasteiger partial charge in [-0.05, 0) is 12.0 Å². The van der Waals surface area contributed by atoms with Crippen molar-refractivity contribution in [1.82, 2.24) is 4.90 Å². The van der Waals surface area contributed by atoms with E-state index in [1.165, 1.54) is 4.90 Å². The number of Topliss-reactive ketones (excluding diaryl/α,β-unsaturated/α-hetero) is 1. The number of carbonyl (C=O) groups is 2. The molecule has 4 nitrogen and oxygen atoms in total. The molecule has 0 radical (unpaired) electrons. The molecular weight excluding hydrogens is 290 g/mol. The molecule has 2 unspecified atom stereocenters. The van der Waals surface area contributed by atoms with E-state index in [1.54, 1.807) is 25.2 Å². The van der Waals surface area contributed by atoms with Crippen molar-refractivity contribution in [2.45, 2.75) is 18.6 Å². The van der Waals surface area contributed by atoms with Gasteiger partial charge < -0.3 is 10.0 Å². The normalized spacial score (nSPS) is 29.4. The number of rotatable bonds is 1. The zero-order chi connectivity index (χ0) is 16.2. The lowest BCUT2D eigenvalue weighted by atomic mass is 9.78. The van der Waals surface area contributed by atoms with Crippen molar-refractivity contribution >= 4 is 11.7 Å². The summed E-state index contributed by atoms with van der Waals surface area (Å²) in [6, 6.07) is 16.4. The minimum absolute atomic E-state index is 0.0901. The van der Waals surface area contributed by atoms with Crippen LogP contribution in [0.5, 0.6) is 0 Å². The molecule has 1 N–H and O–H groups in total. The molecule has 2 aromatic rings. The number of carbonyl (C=O) groups excluding carboxylic acids is 2. The van der Waals surface area contributed by atoms with Gasteiger partial charge in [-0.2, -0.15) is 0 Å². The highest BCUT2D eigenvalue weighted by atomic mass is 16.3. The van der Waals surface area contributed by atoms with Crippen molar-refractivity contribution in [2.24, 2.45) is 5.41 Å². The van der Waals surface area contributed by atoms with Gasteiger partial charge in [0, 0.05) is 24.6 Å². The van der Waals surface area contributed by atoms with E-state index in [2.05, 4.69) is 0 Å². The Kier molecular flexibility index (Phi) is 2.78. The fourth-order valence-electron chi connectivity index (χ4n) is 3.98. The topological polar surface area (TPSA) is 57.6 Å². The van der Waals surface area contributed by atoms with Crippen molar-refractivity contribution in [1.29, 1.82) is 0 Å². The Bertz CT molecular complexity index is 816. The highest BCUT2D eigenvalue weighted by molar-refractivity contribution is 6.18. The standard InChI is InChI=1S/C19H17NO3/c1-20-17(22)18(11-13-7-5-6-10-15(13)16(18)21)12-19(20,23)14-8-3-2-4-9-14/h2-10,23H,11-12H2,1H3. The monoisotopic (exact) mass is 307 g/mol. The first-order valence-electron chi connectivity index (χ1n) is 7.68. The van der Waals surface area contributed by atoms with Crippen LogP contribution in [-0.4, -0.2) is 28.7 Å². The molecule has 1 spiro atoms. The fraction of sp³-hybridized carbons (Fsp3) is 0.263. The third-order valence-corrected chi connectivity index (χ3v) is 5.24. The smallest absolute Gasteiger partial charge is 0.239 e. The first-order chi connectivity index (χ1) is 11.0. The molecule has 1 aliphatic heterocycles. The van der Waals surface area contributed by atoms with Crippen molar-refractivity contribution in [3.63, 3.8) is 0 Å². The Morgan fingerprint density at radius 3 is 2.35 bits per heavy atom. The van der Waals surface area contributed by atoms with E-state index in [0.29, 0.717) is 17.5 Å². The van der Waals surface area contributed by atoms with Crippen molar-refractivity contribution in [2.75, 3.05) is 7.05 Å². The highest BCUT2D eigenvalue weighted by Crippen LogP contribution is 2.52. The van der Waals surface area contributed by atoms with Crippen LogP contribution in [0.15, 0.2) is 54.6 Å². The lowest BCUT2D eigenvalue weighted by molar-refractivity contribution is -0.144. The first kappa shape index (κ1) is 14.2. The van der Waals surface area contributed by atoms with Gasteiger partial charge in [-0.1, -0.05) is 54.6 Å². The second-order valence-corrected chi connectivity index (χ2v) is 6.47. The predicted octanol–water partition coefficient (Wildman–Crippen LogP) is 2.12. The third-order valence-electron chi connectivity index (χ3n) is 5.24. The molecule has 4 heteroatoms. The number of aliphatic hydroxyl groups is 1. The van der Waals surface area contributed by atoms with E-state index < -0.39 is 11.1 Å². The molecule has 1 heterocycles. The molecule has 116 valence electrons. The van der Waals surface area contributed by atoms with Gasteiger partial charge in [0.05, 0.1) is 0 Å². The van der Waals surface area contributed by atoms with Gasteiger partial charge in [-0.3, -0.25) is 9.59 Å². The summed E-state index contributed by atoms with van der Waals surface area (Å²) in [5, 5.41) is 11.2. The molecule has 2 atom stereocenters. The zero-order valence-corrected chi connectivity index (χ0v) is 12.8. The summed E-state index contributed by atoms with van der Waals surface area (Å²) < 4.78 is 0. The maximum atomic E-state index is 12.9. The molecule has 0 aromatic heterocycles. The van der Waals surface area contributed by atoms with E-state index >= 15 is 0 Å². The van der Waals surface area contributed by atoms with E-state index in [-0.39, 0.29) is 18.1 Å². The van der Waals surface area contributed by atoms with Crippen molar-refractivity contribution < 1.29 is 14.7 Å². The highest BCUT2D eigenvalue weighted by Gasteiger charge is 2.64. The van der Waals surface area contributed by atoms with E-state index in [9.17, 15) is 14.7 Å². The average Bonchev–Trinajstić information content (AvgIpc) is 2.97. The van der Waals surface area contributed by atoms with Crippen molar-refractivity contribution in [3.05, 3.63) is 71.3 Å². The predicted molar refractivity (Wildman–Crippen MR) is 84.6 cm³/mol. The molecule has 1 aliphatic carbocycles. The van der Waals surface area contributed by atoms with Crippen LogP contribution in [0.3, 0.4) is 0 Å². The molecule has 2 aromatic carbocycles. The van der Waals surface area contributed by atoms with Gasteiger partial charge >= 0.3 is 0 Å². The van der Waals surface area contributed by atoms with Crippen LogP contribution in [0.25, 0.3) is 0 Å². The Morgan fingerprint density at radius 1 is 1.00 bits per heavy atom. The second-order valence-electron chi connectivity index (χ2n) is 6.47. The number of benzene rings is 2. The average molecular weight is 307 g/mol. The first-order valence-corrected chi connectivity index (χ1v) is 7.68. The molecule has 23 heavy (non-hydrogen) atoms. The number of hydrogen-bond donors (Lipinski definition) is 1. The molecule has 4 rings (SSSR count). The molecule has 1 saturated heterocycles. The lowest BCUT2D eigenvalue weighted by Crippen LogP contribution is -2.41. The number of ketones is 1. The molecular formula is C19H17NO3. The maximum absolute atomic E-state index is 12.9. The fourth-order valence-corrected chi connectivity index (χ4v) is 3.98. The van der Waals surface area contributed by atoms with E-state index in [0.717, 1.165) is 5.56 Å². The number of hydrogen-bond acceptors (Lipinski definition) is 3. The summed E-state index contributed by atoms with van der Waals surface area (Å²) in [5.41, 5.74) is -0.501. The summed E-state index contributed by atoms with van der Waals surface area (Å²) in [6.45, 7) is 0. The quantitative estimate of drug-likeness (QED) is 0.821. The Hall–Kier alpha value is -2.46. The van der Waals surface area contributed by atoms with Gasteiger partial charge in [-0.15, -0.1) is 0 Å². The zero-order valence-electron chi connectivity index (χ0n) is 12.8. The largest absolute Gasteiger partial charge is 0.367 e. The number of likely N-dealkylation sites (tertiary alicyclic amines) is 1. The summed E-state index contributed by atoms with van der Waals surface area (Å²) in [5.74, 6) is -0.471. The third kappa shape index (κ3) is 1.70. The van der Waals surface area contributed by atoms with Crippen LogP contribution in [0.4, 0.5) is 0 Å². The van der Waals surface area contributed by atoms with Crippen LogP contribution in [0.2, 0.25) is 0 Å². The molecule has 0 saturated carbocycles. The van der Waals surface area contributed by atoms with E-state index in [1.807, 2.05) is 36.4 Å². The summed E-state index contributed by atoms with van der Waals surface area (Å²) in [4.78, 5) is 27.2. The summed E-state index contributed by atoms with van der Waals surface area (Å²) in [6.07, 6.45) is 0.452. The van der Waals surface area contributed by atoms with Gasteiger partial charge in [0.25, 0.3) is 0 Å². The van der Waals surface area contributed by atoms with Gasteiger partial charge in [0.2, 0.25) is 5.91 Å². The Morgan fingerprint density at radius 2 is 1.65 bits per heavy atom. The summed E-state index contributed by atoms with van der Waals surface area (Å²) in [7, 11) is 1.57. The van der Waals surface area contributed by atoms with Crippen LogP contribution in [-0.2, 0) is 16.9 Å². The number of fused-ring (bicyclic) bond motifs is 1. The minimum atomic E-state index is -1.45. The Balaban J connectivity index is 1.82. The van der Waals surface area contributed by atoms with Crippen LogP contribution >= 0.6 is 0 Å². The van der Waals surface area contributed by atoms with E-state index in [4.69, 9.17) is 0 Å². The number of amides is 1. The molecule has 1 amide bonds. The SMILES string of the molecule is CN1C(=O)C2(Cc3ccccc3C2=O)CC1(O)c1ccccc1. The maximum Gasteiger partial charge on any atom is 0.239 e. The molecule has 1 fully saturated rings. The lowest BCUT2D eigenvalue weighted by Gasteiger charge is -2.30. The summed E-state index contributed by atoms with van der Waals surface area (Å²) >= 11 is 0. The van der Waals surface area contributed by atoms with Crippen molar-refractivity contribution in [3.8, 4) is 0 Å². The van der Waals surface area contributed by atoms with Gasteiger partial charge in [0.15, 0.2) is 11.5 Å². The second kappa shape index (κ2) is 4.52. The number of nitrogens with zero attached hydrogens (tertiary/aromatic N) is 1. The van der Waals surface area contributed by atoms with Crippen LogP contribution < -0.4 is 0 Å².